The monoisotopic (exact) mass is 270 g/mol. The topological polar surface area (TPSA) is 6.48 Å². The number of piperazine rings is 1. The minimum absolute atomic E-state index is 0.812. The summed E-state index contributed by atoms with van der Waals surface area (Å²) in [5.41, 5.74) is 2.23. The molecule has 0 N–H and O–H groups in total. The number of nitrogens with zero attached hydrogens (tertiary/aromatic N) is 2. The van der Waals surface area contributed by atoms with E-state index < -0.39 is 0 Å². The van der Waals surface area contributed by atoms with E-state index >= 15 is 0 Å². The summed E-state index contributed by atoms with van der Waals surface area (Å²) in [5.74, 6) is 0. The van der Waals surface area contributed by atoms with Crippen molar-refractivity contribution in [3.05, 3.63) is 35.0 Å². The van der Waals surface area contributed by atoms with Gasteiger partial charge in [0.15, 0.2) is 0 Å². The Bertz CT molecular complexity index is 306. The number of likely N-dealkylation sites (N-methyl/N-ethyl adjacent to an activating group) is 1. The van der Waals surface area contributed by atoms with Crippen LogP contribution in [0.1, 0.15) is 27.7 Å². The predicted molar refractivity (Wildman–Crippen MR) is 82.9 cm³/mol. The Morgan fingerprint density at radius 2 is 1.56 bits per heavy atom. The van der Waals surface area contributed by atoms with E-state index in [1.54, 1.807) is 0 Å². The fourth-order valence-electron chi connectivity index (χ4n) is 1.75. The van der Waals surface area contributed by atoms with Crippen LogP contribution in [-0.2, 0) is 0 Å². The second-order valence-corrected chi connectivity index (χ2v) is 5.03. The lowest BCUT2D eigenvalue weighted by atomic mass is 10.2. The van der Waals surface area contributed by atoms with Gasteiger partial charge < -0.3 is 9.80 Å². The molecule has 0 amide bonds. The maximum Gasteiger partial charge on any atom is 0.0381 e. The number of rotatable bonds is 3. The van der Waals surface area contributed by atoms with Gasteiger partial charge in [0.25, 0.3) is 0 Å². The molecule has 1 rings (SSSR count). The highest BCUT2D eigenvalue weighted by molar-refractivity contribution is 6.29. The third-order valence-electron chi connectivity index (χ3n) is 2.61. The maximum atomic E-state index is 5.96. The van der Waals surface area contributed by atoms with Crippen LogP contribution in [0.15, 0.2) is 35.0 Å². The van der Waals surface area contributed by atoms with Crippen molar-refractivity contribution in [1.82, 2.24) is 9.80 Å². The normalized spacial score (nSPS) is 18.2. The molecule has 0 atom stereocenters. The zero-order chi connectivity index (χ0) is 14.1. The summed E-state index contributed by atoms with van der Waals surface area (Å²) in [7, 11) is 2.15. The van der Waals surface area contributed by atoms with Crippen molar-refractivity contribution in [2.24, 2.45) is 0 Å². The fraction of sp³-hybridized carbons (Fsp3) is 0.600. The van der Waals surface area contributed by atoms with Crippen molar-refractivity contribution < 1.29 is 0 Å². The van der Waals surface area contributed by atoms with Crippen molar-refractivity contribution in [3.63, 3.8) is 0 Å². The van der Waals surface area contributed by atoms with E-state index in [0.717, 1.165) is 36.8 Å². The average molecular weight is 271 g/mol. The Balaban J connectivity index is 0.00000137. The van der Waals surface area contributed by atoms with Crippen LogP contribution in [0.5, 0.6) is 0 Å². The lowest BCUT2D eigenvalue weighted by molar-refractivity contribution is 0.190. The molecule has 0 bridgehead atoms. The first-order chi connectivity index (χ1) is 8.49. The molecule has 0 radical (unpaired) electrons. The van der Waals surface area contributed by atoms with Crippen LogP contribution in [0, 0.1) is 0 Å². The SMILES string of the molecule is C=C(C)/C=C(\C=C(/C)Cl)N1CCN(C)CC1.CC. The van der Waals surface area contributed by atoms with Crippen LogP contribution >= 0.6 is 11.6 Å². The number of hydrogen-bond acceptors (Lipinski definition) is 2. The summed E-state index contributed by atoms with van der Waals surface area (Å²) < 4.78 is 0. The van der Waals surface area contributed by atoms with Crippen LogP contribution in [0.2, 0.25) is 0 Å². The van der Waals surface area contributed by atoms with Crippen LogP contribution in [-0.4, -0.2) is 43.0 Å². The third-order valence-corrected chi connectivity index (χ3v) is 2.72. The summed E-state index contributed by atoms with van der Waals surface area (Å²) >= 11 is 5.96. The molecule has 0 aromatic heterocycles. The lowest BCUT2D eigenvalue weighted by Crippen LogP contribution is -2.43. The third kappa shape index (κ3) is 6.87. The molecule has 104 valence electrons. The minimum Gasteiger partial charge on any atom is -0.369 e. The van der Waals surface area contributed by atoms with Gasteiger partial charge in [-0.25, -0.2) is 0 Å². The van der Waals surface area contributed by atoms with Gasteiger partial charge >= 0.3 is 0 Å². The molecule has 1 fully saturated rings. The molecule has 1 heterocycles. The molecule has 1 saturated heterocycles. The Morgan fingerprint density at radius 3 is 1.94 bits per heavy atom. The van der Waals surface area contributed by atoms with Gasteiger partial charge in [0.2, 0.25) is 0 Å². The molecule has 0 saturated carbocycles. The van der Waals surface area contributed by atoms with Crippen LogP contribution in [0.4, 0.5) is 0 Å². The molecular formula is C15H27ClN2. The van der Waals surface area contributed by atoms with Gasteiger partial charge in [0.05, 0.1) is 0 Å². The molecule has 2 nitrogen and oxygen atoms in total. The van der Waals surface area contributed by atoms with Gasteiger partial charge in [-0.15, -0.1) is 0 Å². The zero-order valence-corrected chi connectivity index (χ0v) is 13.2. The molecule has 0 unspecified atom stereocenters. The number of allylic oxidation sites excluding steroid dienone is 4. The van der Waals surface area contributed by atoms with E-state index in [1.165, 1.54) is 5.70 Å². The summed E-state index contributed by atoms with van der Waals surface area (Å²) in [6.07, 6.45) is 4.11. The van der Waals surface area contributed by atoms with E-state index in [0.29, 0.717) is 0 Å². The van der Waals surface area contributed by atoms with Crippen molar-refractivity contribution in [1.29, 1.82) is 0 Å². The van der Waals surface area contributed by atoms with Crippen LogP contribution in [0.3, 0.4) is 0 Å². The quantitative estimate of drug-likeness (QED) is 0.719. The van der Waals surface area contributed by atoms with E-state index in [1.807, 2.05) is 33.8 Å². The van der Waals surface area contributed by atoms with E-state index in [9.17, 15) is 0 Å². The highest BCUT2D eigenvalue weighted by atomic mass is 35.5. The largest absolute Gasteiger partial charge is 0.369 e. The van der Waals surface area contributed by atoms with Crippen LogP contribution in [0.25, 0.3) is 0 Å². The Labute approximate surface area is 118 Å². The Hall–Kier alpha value is -0.730. The smallest absolute Gasteiger partial charge is 0.0381 e. The van der Waals surface area contributed by atoms with Crippen molar-refractivity contribution in [2.45, 2.75) is 27.7 Å². The number of halogens is 1. The second-order valence-electron chi connectivity index (χ2n) is 4.44. The first kappa shape index (κ1) is 17.3. The first-order valence-corrected chi connectivity index (χ1v) is 7.01. The molecule has 0 spiro atoms. The molecular weight excluding hydrogens is 244 g/mol. The number of hydrogen-bond donors (Lipinski definition) is 0. The molecule has 1 aliphatic heterocycles. The minimum atomic E-state index is 0.812. The zero-order valence-electron chi connectivity index (χ0n) is 12.5. The predicted octanol–water partition coefficient (Wildman–Crippen LogP) is 3.86. The van der Waals surface area contributed by atoms with E-state index in [-0.39, 0.29) is 0 Å². The Kier molecular flexibility index (Phi) is 8.86. The average Bonchev–Trinajstić information content (AvgIpc) is 2.30. The van der Waals surface area contributed by atoms with Gasteiger partial charge in [0.1, 0.15) is 0 Å². The Morgan fingerprint density at radius 1 is 1.06 bits per heavy atom. The highest BCUT2D eigenvalue weighted by Gasteiger charge is 2.14. The van der Waals surface area contributed by atoms with Gasteiger partial charge in [0, 0.05) is 36.9 Å². The fourth-order valence-corrected chi connectivity index (χ4v) is 1.86. The molecule has 0 aromatic rings. The molecule has 18 heavy (non-hydrogen) atoms. The summed E-state index contributed by atoms with van der Waals surface area (Å²) in [6, 6.07) is 0. The molecule has 0 aromatic carbocycles. The standard InChI is InChI=1S/C13H21ClN2.C2H6/c1-11(2)9-13(10-12(3)14)16-7-5-15(4)6-8-16;1-2/h9-10H,1,5-8H2,2-4H3;1-2H3/b12-10+,13-9+;. The van der Waals surface area contributed by atoms with Crippen molar-refractivity contribution in [3.8, 4) is 0 Å². The lowest BCUT2D eigenvalue weighted by Gasteiger charge is -2.34. The van der Waals surface area contributed by atoms with Crippen molar-refractivity contribution >= 4 is 11.6 Å². The second kappa shape index (κ2) is 9.23. The van der Waals surface area contributed by atoms with Gasteiger partial charge in [-0.05, 0) is 33.0 Å². The molecule has 0 aliphatic carbocycles. The van der Waals surface area contributed by atoms with Crippen LogP contribution < -0.4 is 0 Å². The molecule has 1 aliphatic rings. The van der Waals surface area contributed by atoms with Crippen molar-refractivity contribution in [2.75, 3.05) is 33.2 Å². The summed E-state index contributed by atoms with van der Waals surface area (Å²) in [4.78, 5) is 4.70. The highest BCUT2D eigenvalue weighted by Crippen LogP contribution is 2.15. The van der Waals surface area contributed by atoms with Gasteiger partial charge in [-0.3, -0.25) is 0 Å². The summed E-state index contributed by atoms with van der Waals surface area (Å²) in [6.45, 7) is 16.1. The van der Waals surface area contributed by atoms with E-state index in [4.69, 9.17) is 11.6 Å². The summed E-state index contributed by atoms with van der Waals surface area (Å²) in [5, 5.41) is 0.812. The van der Waals surface area contributed by atoms with E-state index in [2.05, 4.69) is 29.5 Å². The maximum absolute atomic E-state index is 5.96. The van der Waals surface area contributed by atoms with Gasteiger partial charge in [-0.2, -0.15) is 0 Å². The van der Waals surface area contributed by atoms with Gasteiger partial charge in [-0.1, -0.05) is 37.6 Å². The molecule has 3 heteroatoms. The first-order valence-electron chi connectivity index (χ1n) is 6.63.